The molecular formula is C8H16N2O. The van der Waals surface area contributed by atoms with Crippen LogP contribution in [0.4, 0.5) is 4.79 Å². The van der Waals surface area contributed by atoms with Crippen molar-refractivity contribution in [1.29, 1.82) is 0 Å². The number of carbonyl (C=O) groups excluding carboxylic acids is 1. The molecule has 1 N–H and O–H groups in total. The minimum atomic E-state index is 0.0986. The maximum absolute atomic E-state index is 10.7. The van der Waals surface area contributed by atoms with Crippen LogP contribution in [0, 0.1) is 0 Å². The van der Waals surface area contributed by atoms with Crippen molar-refractivity contribution in [3.63, 3.8) is 0 Å². The predicted molar refractivity (Wildman–Crippen MR) is 44.2 cm³/mol. The number of nitrogens with one attached hydrogen (secondary N) is 1. The number of hydrogen-bond donors (Lipinski definition) is 1. The molecule has 1 aliphatic rings. The van der Waals surface area contributed by atoms with Crippen molar-refractivity contribution in [3.05, 3.63) is 0 Å². The van der Waals surface area contributed by atoms with Gasteiger partial charge in [0.05, 0.1) is 6.67 Å². The third kappa shape index (κ3) is 2.41. The molecule has 0 unspecified atom stereocenters. The van der Waals surface area contributed by atoms with Crippen molar-refractivity contribution in [2.45, 2.75) is 32.6 Å². The van der Waals surface area contributed by atoms with Crippen LogP contribution in [0.2, 0.25) is 0 Å². The van der Waals surface area contributed by atoms with E-state index >= 15 is 0 Å². The maximum Gasteiger partial charge on any atom is 0.320 e. The van der Waals surface area contributed by atoms with E-state index in [1.54, 1.807) is 0 Å². The van der Waals surface area contributed by atoms with Gasteiger partial charge in [0, 0.05) is 6.54 Å². The summed E-state index contributed by atoms with van der Waals surface area (Å²) in [6.45, 7) is 3.88. The first-order valence-electron chi connectivity index (χ1n) is 4.37. The zero-order valence-corrected chi connectivity index (χ0v) is 7.10. The molecule has 2 amide bonds. The molecule has 0 aromatic rings. The molecule has 64 valence electrons. The van der Waals surface area contributed by atoms with E-state index in [-0.39, 0.29) is 6.03 Å². The quantitative estimate of drug-likeness (QED) is 0.602. The van der Waals surface area contributed by atoms with Gasteiger partial charge in [0.2, 0.25) is 0 Å². The number of hydrogen-bond acceptors (Lipinski definition) is 1. The Kier molecular flexibility index (Phi) is 3.20. The number of unbranched alkanes of at least 4 members (excludes halogenated alkanes) is 3. The summed E-state index contributed by atoms with van der Waals surface area (Å²) >= 11 is 0. The molecule has 1 aliphatic heterocycles. The van der Waals surface area contributed by atoms with Crippen LogP contribution in [0.5, 0.6) is 0 Å². The molecule has 0 aliphatic carbocycles. The normalized spacial score (nSPS) is 16.1. The average molecular weight is 156 g/mol. The molecular weight excluding hydrogens is 140 g/mol. The number of nitrogens with zero attached hydrogens (tertiary/aromatic N) is 1. The minimum Gasteiger partial charge on any atom is -0.320 e. The summed E-state index contributed by atoms with van der Waals surface area (Å²) in [5.74, 6) is 0. The van der Waals surface area contributed by atoms with Crippen molar-refractivity contribution in [1.82, 2.24) is 10.2 Å². The van der Waals surface area contributed by atoms with Gasteiger partial charge in [-0.1, -0.05) is 26.2 Å². The molecule has 0 radical (unpaired) electrons. The molecule has 1 rings (SSSR count). The number of urea groups is 1. The van der Waals surface area contributed by atoms with Crippen LogP contribution in [-0.4, -0.2) is 24.1 Å². The Morgan fingerprint density at radius 2 is 2.27 bits per heavy atom. The minimum absolute atomic E-state index is 0.0986. The Hall–Kier alpha value is -0.730. The van der Waals surface area contributed by atoms with Crippen molar-refractivity contribution in [3.8, 4) is 0 Å². The summed E-state index contributed by atoms with van der Waals surface area (Å²) in [5, 5.41) is 2.69. The molecule has 3 nitrogen and oxygen atoms in total. The van der Waals surface area contributed by atoms with Crippen molar-refractivity contribution in [2.75, 3.05) is 13.2 Å². The first-order chi connectivity index (χ1) is 5.34. The molecule has 0 atom stereocenters. The van der Waals surface area contributed by atoms with Gasteiger partial charge in [-0.25, -0.2) is 4.79 Å². The zero-order valence-electron chi connectivity index (χ0n) is 7.10. The Morgan fingerprint density at radius 1 is 1.45 bits per heavy atom. The molecule has 1 heterocycles. The van der Waals surface area contributed by atoms with E-state index in [1.807, 2.05) is 4.90 Å². The van der Waals surface area contributed by atoms with E-state index < -0.39 is 0 Å². The Morgan fingerprint density at radius 3 is 2.73 bits per heavy atom. The molecule has 11 heavy (non-hydrogen) atoms. The highest BCUT2D eigenvalue weighted by molar-refractivity contribution is 5.78. The summed E-state index contributed by atoms with van der Waals surface area (Å²) in [5.41, 5.74) is 0. The van der Waals surface area contributed by atoms with Crippen LogP contribution >= 0.6 is 0 Å². The monoisotopic (exact) mass is 156 g/mol. The molecule has 0 saturated carbocycles. The summed E-state index contributed by atoms with van der Waals surface area (Å²) in [4.78, 5) is 12.6. The predicted octanol–water partition coefficient (Wildman–Crippen LogP) is 1.55. The van der Waals surface area contributed by atoms with Crippen LogP contribution in [0.3, 0.4) is 0 Å². The maximum atomic E-state index is 10.7. The van der Waals surface area contributed by atoms with Crippen LogP contribution in [-0.2, 0) is 0 Å². The lowest BCUT2D eigenvalue weighted by molar-refractivity contribution is 0.155. The summed E-state index contributed by atoms with van der Waals surface area (Å²) in [7, 11) is 0. The van der Waals surface area contributed by atoms with Crippen molar-refractivity contribution >= 4 is 6.03 Å². The Labute approximate surface area is 67.8 Å². The largest absolute Gasteiger partial charge is 0.320 e. The highest BCUT2D eigenvalue weighted by Crippen LogP contribution is 2.04. The lowest BCUT2D eigenvalue weighted by Gasteiger charge is -2.31. The van der Waals surface area contributed by atoms with Gasteiger partial charge in [0.15, 0.2) is 0 Å². The topological polar surface area (TPSA) is 32.3 Å². The van der Waals surface area contributed by atoms with E-state index in [9.17, 15) is 4.79 Å². The van der Waals surface area contributed by atoms with Crippen LogP contribution in [0.25, 0.3) is 0 Å². The fraction of sp³-hybridized carbons (Fsp3) is 0.875. The molecule has 3 heteroatoms. The lowest BCUT2D eigenvalue weighted by Crippen LogP contribution is -2.56. The highest BCUT2D eigenvalue weighted by atomic mass is 16.2. The van der Waals surface area contributed by atoms with Gasteiger partial charge in [-0.2, -0.15) is 0 Å². The average Bonchev–Trinajstić information content (AvgIpc) is 2.02. The third-order valence-electron chi connectivity index (χ3n) is 1.99. The van der Waals surface area contributed by atoms with Crippen LogP contribution in [0.1, 0.15) is 32.6 Å². The third-order valence-corrected chi connectivity index (χ3v) is 1.99. The second-order valence-electron chi connectivity index (χ2n) is 2.96. The molecule has 0 aromatic carbocycles. The van der Waals surface area contributed by atoms with E-state index in [1.165, 1.54) is 19.3 Å². The second kappa shape index (κ2) is 4.21. The van der Waals surface area contributed by atoms with E-state index in [0.717, 1.165) is 19.6 Å². The summed E-state index contributed by atoms with van der Waals surface area (Å²) in [6.07, 6.45) is 4.95. The van der Waals surface area contributed by atoms with E-state index in [2.05, 4.69) is 12.2 Å². The fourth-order valence-electron chi connectivity index (χ4n) is 1.17. The van der Waals surface area contributed by atoms with Gasteiger partial charge in [-0.05, 0) is 6.42 Å². The Bertz CT molecular complexity index is 136. The first kappa shape index (κ1) is 8.37. The van der Waals surface area contributed by atoms with Gasteiger partial charge in [-0.3, -0.25) is 0 Å². The van der Waals surface area contributed by atoms with Crippen molar-refractivity contribution in [2.24, 2.45) is 0 Å². The van der Waals surface area contributed by atoms with Gasteiger partial charge in [0.25, 0.3) is 0 Å². The summed E-state index contributed by atoms with van der Waals surface area (Å²) < 4.78 is 0. The summed E-state index contributed by atoms with van der Waals surface area (Å²) in [6, 6.07) is 0.0986. The SMILES string of the molecule is CCCCCCN1CNC1=O. The van der Waals surface area contributed by atoms with Crippen molar-refractivity contribution < 1.29 is 4.79 Å². The van der Waals surface area contributed by atoms with Crippen LogP contribution < -0.4 is 5.32 Å². The van der Waals surface area contributed by atoms with Crippen LogP contribution in [0.15, 0.2) is 0 Å². The van der Waals surface area contributed by atoms with Gasteiger partial charge in [-0.15, -0.1) is 0 Å². The molecule has 1 fully saturated rings. The van der Waals surface area contributed by atoms with Gasteiger partial charge < -0.3 is 10.2 Å². The molecule has 0 aromatic heterocycles. The molecule has 0 bridgehead atoms. The van der Waals surface area contributed by atoms with E-state index in [4.69, 9.17) is 0 Å². The van der Waals surface area contributed by atoms with Gasteiger partial charge in [0.1, 0.15) is 0 Å². The molecule has 0 spiro atoms. The first-order valence-corrected chi connectivity index (χ1v) is 4.37. The molecule has 1 saturated heterocycles. The smallest absolute Gasteiger partial charge is 0.320 e. The van der Waals surface area contributed by atoms with Gasteiger partial charge >= 0.3 is 6.03 Å². The van der Waals surface area contributed by atoms with E-state index in [0.29, 0.717) is 0 Å². The highest BCUT2D eigenvalue weighted by Gasteiger charge is 2.20. The zero-order chi connectivity index (χ0) is 8.10. The standard InChI is InChI=1S/C8H16N2O/c1-2-3-4-5-6-10-7-9-8(10)11/h2-7H2,1H3,(H,9,11). The number of rotatable bonds is 5. The Balaban J connectivity index is 1.91. The fourth-order valence-corrected chi connectivity index (χ4v) is 1.17. The lowest BCUT2D eigenvalue weighted by atomic mass is 10.2. The number of amides is 2. The second-order valence-corrected chi connectivity index (χ2v) is 2.96. The number of carbonyl (C=O) groups is 1.